The Balaban J connectivity index is 1.23. The van der Waals surface area contributed by atoms with Gasteiger partial charge in [0.15, 0.2) is 5.78 Å². The van der Waals surface area contributed by atoms with E-state index in [1.54, 1.807) is 19.9 Å². The quantitative estimate of drug-likeness (QED) is 0.376. The molecular weight excluding hydrogens is 538 g/mol. The van der Waals surface area contributed by atoms with E-state index in [-0.39, 0.29) is 28.5 Å². The zero-order valence-electron chi connectivity index (χ0n) is 27.0. The number of H-pyrrole nitrogens is 1. The zero-order valence-corrected chi connectivity index (χ0v) is 27.0. The number of aromatic nitrogens is 1. The van der Waals surface area contributed by atoms with E-state index in [1.807, 2.05) is 0 Å². The van der Waals surface area contributed by atoms with Crippen molar-refractivity contribution < 1.29 is 24.5 Å². The van der Waals surface area contributed by atoms with E-state index in [2.05, 4.69) is 64.7 Å². The third-order valence-electron chi connectivity index (χ3n) is 13.0. The maximum absolute atomic E-state index is 13.2. The number of ether oxygens (including phenoxy) is 2. The van der Waals surface area contributed by atoms with Crippen LogP contribution >= 0.6 is 0 Å². The molecule has 230 valence electrons. The average molecular weight is 586 g/mol. The van der Waals surface area contributed by atoms with Crippen LogP contribution in [0, 0.1) is 17.3 Å². The van der Waals surface area contributed by atoms with Gasteiger partial charge < -0.3 is 24.7 Å². The fraction of sp³-hybridized carbons (Fsp3) is 0.649. The number of carbonyl (C=O) groups is 1. The smallest absolute Gasteiger partial charge is 0.187 e. The lowest BCUT2D eigenvalue weighted by Gasteiger charge is -2.64. The summed E-state index contributed by atoms with van der Waals surface area (Å²) in [5.41, 5.74) is 5.02. The summed E-state index contributed by atoms with van der Waals surface area (Å²) in [5.74, 6) is 0.517. The lowest BCUT2D eigenvalue weighted by molar-refractivity contribution is -0.195. The van der Waals surface area contributed by atoms with Crippen molar-refractivity contribution in [2.24, 2.45) is 17.3 Å². The normalized spacial score (nSPS) is 40.6. The summed E-state index contributed by atoms with van der Waals surface area (Å²) >= 11 is 0. The second-order valence-electron chi connectivity index (χ2n) is 16.7. The highest BCUT2D eigenvalue weighted by Gasteiger charge is 2.70. The van der Waals surface area contributed by atoms with Crippen LogP contribution in [0.2, 0.25) is 0 Å². The Labute approximate surface area is 254 Å². The number of aliphatic hydroxyl groups is 2. The highest BCUT2D eigenvalue weighted by Crippen LogP contribution is 2.69. The molecule has 3 N–H and O–H groups in total. The average Bonchev–Trinajstić information content (AvgIpc) is 3.52. The van der Waals surface area contributed by atoms with Crippen LogP contribution in [-0.2, 0) is 32.5 Å². The zero-order chi connectivity index (χ0) is 30.7. The number of fused-ring (bicyclic) bond motifs is 12. The molecule has 0 spiro atoms. The molecule has 2 aliphatic heterocycles. The molecule has 43 heavy (non-hydrogen) atoms. The number of carbonyl (C=O) groups excluding carboxylic acids is 1. The van der Waals surface area contributed by atoms with Crippen LogP contribution in [0.1, 0.15) is 103 Å². The molecule has 2 aromatic rings. The van der Waals surface area contributed by atoms with Gasteiger partial charge >= 0.3 is 0 Å². The first-order valence-corrected chi connectivity index (χ1v) is 16.4. The van der Waals surface area contributed by atoms with Crippen molar-refractivity contribution in [1.82, 2.24) is 4.98 Å². The first-order valence-electron chi connectivity index (χ1n) is 16.4. The molecule has 0 amide bonds. The fourth-order valence-corrected chi connectivity index (χ4v) is 10.9. The molecule has 0 radical (unpaired) electrons. The number of aromatic amines is 1. The summed E-state index contributed by atoms with van der Waals surface area (Å²) in [6.45, 7) is 16.6. The summed E-state index contributed by atoms with van der Waals surface area (Å²) in [7, 11) is 0. The lowest BCUT2D eigenvalue weighted by Crippen LogP contribution is -2.68. The van der Waals surface area contributed by atoms with E-state index >= 15 is 0 Å². The number of hydrogen-bond acceptors (Lipinski definition) is 5. The van der Waals surface area contributed by atoms with Crippen molar-refractivity contribution in [1.29, 1.82) is 0 Å². The lowest BCUT2D eigenvalue weighted by atomic mass is 9.42. The second-order valence-corrected chi connectivity index (χ2v) is 16.7. The Hall–Kier alpha value is -2.25. The topological polar surface area (TPSA) is 91.8 Å². The molecule has 6 heteroatoms. The molecule has 7 unspecified atom stereocenters. The summed E-state index contributed by atoms with van der Waals surface area (Å²) in [6.07, 6.45) is 7.72. The molecule has 1 aromatic carbocycles. The summed E-state index contributed by atoms with van der Waals surface area (Å²) in [4.78, 5) is 17.2. The van der Waals surface area contributed by atoms with Gasteiger partial charge in [0, 0.05) is 33.3 Å². The Morgan fingerprint density at radius 2 is 1.77 bits per heavy atom. The van der Waals surface area contributed by atoms with Crippen molar-refractivity contribution in [3.05, 3.63) is 52.2 Å². The molecule has 1 aromatic heterocycles. The maximum atomic E-state index is 13.2. The van der Waals surface area contributed by atoms with Crippen molar-refractivity contribution in [2.75, 3.05) is 0 Å². The van der Waals surface area contributed by atoms with E-state index in [9.17, 15) is 15.0 Å². The van der Waals surface area contributed by atoms with E-state index < -0.39 is 22.7 Å². The largest absolute Gasteiger partial charge is 0.387 e. The molecule has 0 bridgehead atoms. The van der Waals surface area contributed by atoms with E-state index in [0.29, 0.717) is 18.3 Å². The van der Waals surface area contributed by atoms with E-state index in [0.717, 1.165) is 37.7 Å². The van der Waals surface area contributed by atoms with Crippen LogP contribution in [-0.4, -0.2) is 55.6 Å². The maximum Gasteiger partial charge on any atom is 0.187 e. The minimum absolute atomic E-state index is 0.228. The highest BCUT2D eigenvalue weighted by atomic mass is 16.5. The van der Waals surface area contributed by atoms with Gasteiger partial charge in [-0.05, 0) is 138 Å². The third-order valence-corrected chi connectivity index (χ3v) is 13.0. The van der Waals surface area contributed by atoms with Gasteiger partial charge in [-0.15, -0.1) is 0 Å². The summed E-state index contributed by atoms with van der Waals surface area (Å²) in [6, 6.07) is 4.83. The number of benzene rings is 1. The molecule has 4 aliphatic carbocycles. The van der Waals surface area contributed by atoms with E-state index in [4.69, 9.17) is 9.47 Å². The predicted octanol–water partition coefficient (Wildman–Crippen LogP) is 6.10. The van der Waals surface area contributed by atoms with Gasteiger partial charge in [0.05, 0.1) is 28.5 Å². The second kappa shape index (κ2) is 8.12. The van der Waals surface area contributed by atoms with Gasteiger partial charge in [-0.2, -0.15) is 0 Å². The first kappa shape index (κ1) is 28.2. The van der Waals surface area contributed by atoms with Gasteiger partial charge in [0.25, 0.3) is 0 Å². The molecule has 6 aliphatic rings. The highest BCUT2D eigenvalue weighted by molar-refractivity contribution is 5.96. The Bertz CT molecular complexity index is 1670. The van der Waals surface area contributed by atoms with Crippen LogP contribution in [0.3, 0.4) is 0 Å². The van der Waals surface area contributed by atoms with Crippen molar-refractivity contribution in [2.45, 2.75) is 134 Å². The molecule has 2 saturated carbocycles. The SMILES string of the molecule is CC1(C)C=C2c3cc4[nH]c5c(c4cc3CC2C(C)(C)O1)CC1CCC2(O)C3=CC(=O)C(C(C)(C)O)OC3CCC2(C)C51C. The minimum atomic E-state index is -1.27. The number of rotatable bonds is 1. The summed E-state index contributed by atoms with van der Waals surface area (Å²) in [5, 5.41) is 24.7. The predicted molar refractivity (Wildman–Crippen MR) is 167 cm³/mol. The molecule has 6 nitrogen and oxygen atoms in total. The van der Waals surface area contributed by atoms with Crippen LogP contribution in [0.5, 0.6) is 0 Å². The van der Waals surface area contributed by atoms with Crippen molar-refractivity contribution in [3.63, 3.8) is 0 Å². The van der Waals surface area contributed by atoms with Gasteiger partial charge in [0.2, 0.25) is 0 Å². The monoisotopic (exact) mass is 585 g/mol. The van der Waals surface area contributed by atoms with Gasteiger partial charge in [-0.1, -0.05) is 13.8 Å². The Morgan fingerprint density at radius 1 is 1.02 bits per heavy atom. The summed E-state index contributed by atoms with van der Waals surface area (Å²) < 4.78 is 12.8. The molecule has 2 fully saturated rings. The van der Waals surface area contributed by atoms with Crippen LogP contribution < -0.4 is 0 Å². The van der Waals surface area contributed by atoms with E-state index in [1.165, 1.54) is 38.9 Å². The standard InChI is InChI=1S/C37H47NO5/c1-32(2)18-24-21-16-27-22(13-19(21)14-25(24)34(5,6)43-32)23-15-20-9-12-37(41)26-17-28(39)31(33(3,4)40)42-29(26)10-11-35(37,7)36(20,8)30(23)38-27/h13,16-18,20,25,29,31,38,40-41H,9-12,14-15H2,1-8H3. The first-order chi connectivity index (χ1) is 19.9. The van der Waals surface area contributed by atoms with Gasteiger partial charge in [-0.3, -0.25) is 4.79 Å². The molecular formula is C37H47NO5. The van der Waals surface area contributed by atoms with Gasteiger partial charge in [-0.25, -0.2) is 0 Å². The third kappa shape index (κ3) is 3.42. The van der Waals surface area contributed by atoms with Gasteiger partial charge in [0.1, 0.15) is 6.10 Å². The number of hydrogen-bond donors (Lipinski definition) is 3. The van der Waals surface area contributed by atoms with Crippen molar-refractivity contribution >= 4 is 22.3 Å². The molecule has 7 atom stereocenters. The molecule has 3 heterocycles. The molecule has 8 rings (SSSR count). The van der Waals surface area contributed by atoms with Crippen LogP contribution in [0.4, 0.5) is 0 Å². The number of nitrogens with one attached hydrogen (secondary N) is 1. The number of ketones is 1. The van der Waals surface area contributed by atoms with Crippen LogP contribution in [0.25, 0.3) is 16.5 Å². The van der Waals surface area contributed by atoms with Crippen LogP contribution in [0.15, 0.2) is 29.9 Å². The Kier molecular flexibility index (Phi) is 5.33. The fourth-order valence-electron chi connectivity index (χ4n) is 10.9. The molecule has 0 saturated heterocycles. The van der Waals surface area contributed by atoms with Crippen molar-refractivity contribution in [3.8, 4) is 0 Å². The minimum Gasteiger partial charge on any atom is -0.387 e. The Morgan fingerprint density at radius 3 is 2.49 bits per heavy atom.